The molecule has 0 radical (unpaired) electrons. The number of benzene rings is 2. The van der Waals surface area contributed by atoms with E-state index >= 15 is 0 Å². The largest absolute Gasteiger partial charge is 0.351 e. The number of hydrogen-bond acceptors (Lipinski definition) is 2. The number of nitrogens with one attached hydrogen (secondary N) is 1. The number of carbonyl (C=O) groups excluding carboxylic acids is 2. The minimum absolute atomic E-state index is 0.0612. The van der Waals surface area contributed by atoms with Crippen molar-refractivity contribution in [1.82, 2.24) is 5.32 Å². The number of halogens is 2. The van der Waals surface area contributed by atoms with Crippen LogP contribution in [0.4, 0.5) is 14.5 Å². The number of hydrogen-bond donors (Lipinski definition) is 1. The summed E-state index contributed by atoms with van der Waals surface area (Å²) in [6.07, 6.45) is 0.0694. The smallest absolute Gasteiger partial charge is 0.254 e. The molecule has 0 unspecified atom stereocenters. The number of rotatable bonds is 5. The van der Waals surface area contributed by atoms with Gasteiger partial charge in [0.25, 0.3) is 5.91 Å². The first-order chi connectivity index (χ1) is 11.0. The van der Waals surface area contributed by atoms with Gasteiger partial charge in [0.15, 0.2) is 0 Å². The quantitative estimate of drug-likeness (QED) is 0.921. The van der Waals surface area contributed by atoms with Gasteiger partial charge in [-0.3, -0.25) is 9.59 Å². The summed E-state index contributed by atoms with van der Waals surface area (Å²) in [6, 6.07) is 11.8. The minimum atomic E-state index is -0.935. The Morgan fingerprint density at radius 2 is 1.78 bits per heavy atom. The molecule has 0 saturated carbocycles. The second kappa shape index (κ2) is 7.49. The van der Waals surface area contributed by atoms with E-state index in [2.05, 4.69) is 5.32 Å². The molecule has 6 heteroatoms. The maximum absolute atomic E-state index is 13.5. The summed E-state index contributed by atoms with van der Waals surface area (Å²) >= 11 is 0. The van der Waals surface area contributed by atoms with E-state index in [1.54, 1.807) is 19.2 Å². The van der Waals surface area contributed by atoms with Crippen LogP contribution in [0.3, 0.4) is 0 Å². The predicted octanol–water partition coefficient (Wildman–Crippen LogP) is 2.75. The summed E-state index contributed by atoms with van der Waals surface area (Å²) in [5.74, 6) is -2.55. The van der Waals surface area contributed by atoms with Crippen molar-refractivity contribution in [3.8, 4) is 0 Å². The second-order valence-electron chi connectivity index (χ2n) is 4.92. The molecular weight excluding hydrogens is 302 g/mol. The Kier molecular flexibility index (Phi) is 5.41. The van der Waals surface area contributed by atoms with Crippen molar-refractivity contribution in [1.29, 1.82) is 0 Å². The van der Waals surface area contributed by atoms with E-state index in [0.29, 0.717) is 6.07 Å². The van der Waals surface area contributed by atoms with Gasteiger partial charge in [-0.15, -0.1) is 0 Å². The molecule has 1 N–H and O–H groups in total. The van der Waals surface area contributed by atoms with Crippen molar-refractivity contribution in [3.05, 3.63) is 65.7 Å². The van der Waals surface area contributed by atoms with Crippen molar-refractivity contribution >= 4 is 17.5 Å². The molecule has 23 heavy (non-hydrogen) atoms. The third-order valence-corrected chi connectivity index (χ3v) is 3.32. The Bertz CT molecular complexity index is 705. The molecule has 2 aromatic carbocycles. The lowest BCUT2D eigenvalue weighted by Gasteiger charge is -2.17. The third kappa shape index (κ3) is 4.35. The fourth-order valence-electron chi connectivity index (χ4n) is 2.02. The van der Waals surface area contributed by atoms with Crippen molar-refractivity contribution in [3.63, 3.8) is 0 Å². The maximum Gasteiger partial charge on any atom is 0.254 e. The third-order valence-electron chi connectivity index (χ3n) is 3.32. The molecule has 2 aromatic rings. The molecule has 0 heterocycles. The van der Waals surface area contributed by atoms with E-state index in [0.717, 1.165) is 17.8 Å². The van der Waals surface area contributed by atoms with Crippen LogP contribution in [0.2, 0.25) is 0 Å². The fourth-order valence-corrected chi connectivity index (χ4v) is 2.02. The highest BCUT2D eigenvalue weighted by atomic mass is 19.1. The Morgan fingerprint density at radius 1 is 1.09 bits per heavy atom. The second-order valence-corrected chi connectivity index (χ2v) is 4.92. The lowest BCUT2D eigenvalue weighted by atomic mass is 10.2. The van der Waals surface area contributed by atoms with Gasteiger partial charge < -0.3 is 10.2 Å². The maximum atomic E-state index is 13.5. The molecule has 0 atom stereocenters. The summed E-state index contributed by atoms with van der Waals surface area (Å²) in [5, 5.41) is 2.45. The molecule has 2 rings (SSSR count). The van der Waals surface area contributed by atoms with E-state index in [4.69, 9.17) is 0 Å². The molecule has 120 valence electrons. The van der Waals surface area contributed by atoms with Gasteiger partial charge >= 0.3 is 0 Å². The zero-order chi connectivity index (χ0) is 16.8. The van der Waals surface area contributed by atoms with Gasteiger partial charge in [0.1, 0.15) is 11.6 Å². The van der Waals surface area contributed by atoms with Gasteiger partial charge in [-0.2, -0.15) is 0 Å². The van der Waals surface area contributed by atoms with Crippen LogP contribution in [0.15, 0.2) is 48.5 Å². The number of nitrogens with zero attached hydrogens (tertiary/aromatic N) is 1. The molecule has 0 aromatic heterocycles. The van der Waals surface area contributed by atoms with E-state index in [1.807, 2.05) is 18.2 Å². The van der Waals surface area contributed by atoms with Crippen LogP contribution in [-0.4, -0.2) is 25.4 Å². The highest BCUT2D eigenvalue weighted by Gasteiger charge is 2.14. The molecule has 2 amide bonds. The van der Waals surface area contributed by atoms with Crippen LogP contribution >= 0.6 is 0 Å². The summed E-state index contributed by atoms with van der Waals surface area (Å²) in [4.78, 5) is 25.3. The molecule has 4 nitrogen and oxygen atoms in total. The number of carbonyl (C=O) groups is 2. The van der Waals surface area contributed by atoms with Crippen LogP contribution in [-0.2, 0) is 4.79 Å². The van der Waals surface area contributed by atoms with E-state index in [-0.39, 0.29) is 24.4 Å². The summed E-state index contributed by atoms with van der Waals surface area (Å²) in [7, 11) is 1.64. The summed E-state index contributed by atoms with van der Waals surface area (Å²) in [5.41, 5.74) is 0.490. The lowest BCUT2D eigenvalue weighted by Crippen LogP contribution is -2.32. The van der Waals surface area contributed by atoms with E-state index in [1.165, 1.54) is 4.90 Å². The lowest BCUT2D eigenvalue weighted by molar-refractivity contribution is -0.118. The number of anilines is 1. The monoisotopic (exact) mass is 318 g/mol. The zero-order valence-corrected chi connectivity index (χ0v) is 12.6. The Morgan fingerprint density at radius 3 is 2.43 bits per heavy atom. The molecule has 0 spiro atoms. The SMILES string of the molecule is CN(C(=O)CCNC(=O)c1ccc(F)cc1F)c1ccccc1. The van der Waals surface area contributed by atoms with Gasteiger partial charge in [-0.05, 0) is 24.3 Å². The van der Waals surface area contributed by atoms with Crippen molar-refractivity contribution in [2.45, 2.75) is 6.42 Å². The summed E-state index contributed by atoms with van der Waals surface area (Å²) < 4.78 is 26.3. The standard InChI is InChI=1S/C17H16F2N2O2/c1-21(13-5-3-2-4-6-13)16(22)9-10-20-17(23)14-8-7-12(18)11-15(14)19/h2-8,11H,9-10H2,1H3,(H,20,23). The first-order valence-corrected chi connectivity index (χ1v) is 7.04. The molecule has 0 aliphatic rings. The van der Waals surface area contributed by atoms with Gasteiger partial charge in [-0.1, -0.05) is 18.2 Å². The number of para-hydroxylation sites is 1. The van der Waals surface area contributed by atoms with Crippen LogP contribution in [0.1, 0.15) is 16.8 Å². The highest BCUT2D eigenvalue weighted by molar-refractivity contribution is 5.96. The van der Waals surface area contributed by atoms with Crippen LogP contribution in [0.25, 0.3) is 0 Å². The van der Waals surface area contributed by atoms with Crippen LogP contribution < -0.4 is 10.2 Å². The van der Waals surface area contributed by atoms with Crippen molar-refractivity contribution < 1.29 is 18.4 Å². The van der Waals surface area contributed by atoms with Gasteiger partial charge in [0.2, 0.25) is 5.91 Å². The Balaban J connectivity index is 1.87. The van der Waals surface area contributed by atoms with Crippen molar-refractivity contribution in [2.75, 3.05) is 18.5 Å². The normalized spacial score (nSPS) is 10.2. The Hall–Kier alpha value is -2.76. The molecule has 0 aliphatic carbocycles. The molecule has 0 aliphatic heterocycles. The fraction of sp³-hybridized carbons (Fsp3) is 0.176. The van der Waals surface area contributed by atoms with Gasteiger partial charge in [-0.25, -0.2) is 8.78 Å². The number of amides is 2. The average molecular weight is 318 g/mol. The molecule has 0 bridgehead atoms. The topological polar surface area (TPSA) is 49.4 Å². The van der Waals surface area contributed by atoms with E-state index in [9.17, 15) is 18.4 Å². The predicted molar refractivity (Wildman–Crippen MR) is 83.2 cm³/mol. The molecule has 0 saturated heterocycles. The minimum Gasteiger partial charge on any atom is -0.351 e. The van der Waals surface area contributed by atoms with Crippen LogP contribution in [0, 0.1) is 11.6 Å². The van der Waals surface area contributed by atoms with Gasteiger partial charge in [0.05, 0.1) is 5.56 Å². The molecular formula is C17H16F2N2O2. The van der Waals surface area contributed by atoms with Crippen LogP contribution in [0.5, 0.6) is 0 Å². The Labute approximate surface area is 132 Å². The summed E-state index contributed by atoms with van der Waals surface area (Å²) in [6.45, 7) is 0.0612. The highest BCUT2D eigenvalue weighted by Crippen LogP contribution is 2.12. The zero-order valence-electron chi connectivity index (χ0n) is 12.6. The first-order valence-electron chi connectivity index (χ1n) is 7.04. The molecule has 0 fully saturated rings. The average Bonchev–Trinajstić information content (AvgIpc) is 2.54. The van der Waals surface area contributed by atoms with E-state index < -0.39 is 17.5 Å². The first kappa shape index (κ1) is 16.6. The van der Waals surface area contributed by atoms with Crippen molar-refractivity contribution in [2.24, 2.45) is 0 Å². The van der Waals surface area contributed by atoms with Gasteiger partial charge in [0, 0.05) is 31.8 Å².